The lowest BCUT2D eigenvalue weighted by Gasteiger charge is -2.32. The van der Waals surface area contributed by atoms with E-state index in [0.29, 0.717) is 24.2 Å². The van der Waals surface area contributed by atoms with Gasteiger partial charge in [-0.15, -0.1) is 0 Å². The molecule has 0 aliphatic carbocycles. The molecule has 0 radical (unpaired) electrons. The molecule has 6 nitrogen and oxygen atoms in total. The van der Waals surface area contributed by atoms with Crippen molar-refractivity contribution < 1.29 is 4.79 Å². The first kappa shape index (κ1) is 17.3. The van der Waals surface area contributed by atoms with Crippen LogP contribution in [-0.4, -0.2) is 60.3 Å². The summed E-state index contributed by atoms with van der Waals surface area (Å²) in [5.74, 6) is 2.35. The first-order valence-corrected chi connectivity index (χ1v) is 9.42. The Bertz CT molecular complexity index is 535. The first-order valence-electron chi connectivity index (χ1n) is 9.42. The third-order valence-corrected chi connectivity index (χ3v) is 5.17. The Morgan fingerprint density at radius 3 is 2.88 bits per heavy atom. The lowest BCUT2D eigenvalue weighted by Crippen LogP contribution is -2.43. The van der Waals surface area contributed by atoms with Crippen LogP contribution >= 0.6 is 0 Å². The van der Waals surface area contributed by atoms with Gasteiger partial charge in [0.1, 0.15) is 0 Å². The number of hydrogen-bond donors (Lipinski definition) is 2. The second-order valence-corrected chi connectivity index (χ2v) is 7.53. The third-order valence-electron chi connectivity index (χ3n) is 5.17. The Morgan fingerprint density at radius 1 is 1.33 bits per heavy atom. The Kier molecular flexibility index (Phi) is 5.76. The van der Waals surface area contributed by atoms with Crippen LogP contribution in [0.3, 0.4) is 0 Å². The molecular formula is C18H31N5O. The van der Waals surface area contributed by atoms with Crippen LogP contribution in [0.25, 0.3) is 0 Å². The second kappa shape index (κ2) is 8.01. The molecule has 2 aliphatic heterocycles. The summed E-state index contributed by atoms with van der Waals surface area (Å²) in [7, 11) is 0. The molecule has 3 heterocycles. The fourth-order valence-corrected chi connectivity index (χ4v) is 3.62. The highest BCUT2D eigenvalue weighted by Gasteiger charge is 2.26. The van der Waals surface area contributed by atoms with Crippen molar-refractivity contribution in [1.29, 1.82) is 0 Å². The van der Waals surface area contributed by atoms with Crippen molar-refractivity contribution in [3.63, 3.8) is 0 Å². The van der Waals surface area contributed by atoms with E-state index in [1.807, 2.05) is 0 Å². The predicted octanol–water partition coefficient (Wildman–Crippen LogP) is 1.96. The summed E-state index contributed by atoms with van der Waals surface area (Å²) >= 11 is 0. The van der Waals surface area contributed by atoms with E-state index in [4.69, 9.17) is 0 Å². The number of amides is 1. The minimum atomic E-state index is 0.315. The number of rotatable bonds is 5. The van der Waals surface area contributed by atoms with E-state index in [2.05, 4.69) is 45.2 Å². The fraction of sp³-hybridized carbons (Fsp3) is 0.778. The van der Waals surface area contributed by atoms with Crippen LogP contribution in [0.5, 0.6) is 0 Å². The van der Waals surface area contributed by atoms with Gasteiger partial charge in [-0.05, 0) is 25.2 Å². The molecule has 24 heavy (non-hydrogen) atoms. The summed E-state index contributed by atoms with van der Waals surface area (Å²) in [6, 6.07) is 2.19. The minimum Gasteiger partial charge on any atom is -0.353 e. The molecule has 0 bridgehead atoms. The van der Waals surface area contributed by atoms with E-state index in [-0.39, 0.29) is 0 Å². The largest absolute Gasteiger partial charge is 0.353 e. The molecule has 6 heteroatoms. The number of nitrogens with zero attached hydrogens (tertiary/aromatic N) is 3. The number of aromatic amines is 1. The van der Waals surface area contributed by atoms with Gasteiger partial charge in [-0.25, -0.2) is 0 Å². The van der Waals surface area contributed by atoms with Gasteiger partial charge in [-0.1, -0.05) is 13.8 Å². The lowest BCUT2D eigenvalue weighted by atomic mass is 9.94. The number of nitrogens with one attached hydrogen (secondary N) is 2. The zero-order chi connectivity index (χ0) is 16.9. The molecule has 1 atom stereocenters. The number of H-pyrrole nitrogens is 1. The highest BCUT2D eigenvalue weighted by atomic mass is 16.2. The molecule has 0 spiro atoms. The molecule has 0 saturated carbocycles. The molecule has 1 aromatic rings. The Labute approximate surface area is 145 Å². The standard InChI is InChI=1S/C18H31N5O/c1-14(2)5-6-18(24)23-9-3-4-15(13-23)16-12-17(21-20-16)22-10-7-19-8-11-22/h12,14-15,19H,3-11,13H2,1-2H3,(H,20,21). The van der Waals surface area contributed by atoms with Crippen molar-refractivity contribution >= 4 is 11.7 Å². The summed E-state index contributed by atoms with van der Waals surface area (Å²) < 4.78 is 0. The van der Waals surface area contributed by atoms with Crippen LogP contribution in [0.1, 0.15) is 51.1 Å². The van der Waals surface area contributed by atoms with Crippen LogP contribution in [0.2, 0.25) is 0 Å². The van der Waals surface area contributed by atoms with Crippen molar-refractivity contribution in [3.8, 4) is 0 Å². The number of anilines is 1. The van der Waals surface area contributed by atoms with Crippen LogP contribution < -0.4 is 10.2 Å². The zero-order valence-electron chi connectivity index (χ0n) is 15.1. The molecule has 3 rings (SSSR count). The van der Waals surface area contributed by atoms with Gasteiger partial charge in [0.05, 0.1) is 0 Å². The maximum Gasteiger partial charge on any atom is 0.222 e. The van der Waals surface area contributed by atoms with Gasteiger partial charge in [-0.2, -0.15) is 5.10 Å². The van der Waals surface area contributed by atoms with E-state index in [1.165, 1.54) is 5.69 Å². The average Bonchev–Trinajstić information content (AvgIpc) is 3.11. The highest BCUT2D eigenvalue weighted by Crippen LogP contribution is 2.28. The lowest BCUT2D eigenvalue weighted by molar-refractivity contribution is -0.132. The number of likely N-dealkylation sites (tertiary alicyclic amines) is 1. The third kappa shape index (κ3) is 4.29. The number of piperidine rings is 1. The highest BCUT2D eigenvalue weighted by molar-refractivity contribution is 5.76. The number of aromatic nitrogens is 2. The monoisotopic (exact) mass is 333 g/mol. The Balaban J connectivity index is 1.58. The smallest absolute Gasteiger partial charge is 0.222 e. The molecule has 2 aliphatic rings. The molecule has 2 N–H and O–H groups in total. The molecule has 1 unspecified atom stereocenters. The van der Waals surface area contributed by atoms with Crippen LogP contribution in [0, 0.1) is 5.92 Å². The van der Waals surface area contributed by atoms with Gasteiger partial charge in [0, 0.05) is 63.4 Å². The summed E-state index contributed by atoms with van der Waals surface area (Å²) in [5, 5.41) is 11.1. The summed E-state index contributed by atoms with van der Waals surface area (Å²) in [6.07, 6.45) is 3.88. The van der Waals surface area contributed by atoms with Gasteiger partial charge in [0.2, 0.25) is 5.91 Å². The van der Waals surface area contributed by atoms with Gasteiger partial charge < -0.3 is 15.1 Å². The Morgan fingerprint density at radius 2 is 2.12 bits per heavy atom. The van der Waals surface area contributed by atoms with Crippen molar-refractivity contribution in [2.75, 3.05) is 44.2 Å². The zero-order valence-corrected chi connectivity index (χ0v) is 15.1. The number of hydrogen-bond acceptors (Lipinski definition) is 4. The molecular weight excluding hydrogens is 302 g/mol. The van der Waals surface area contributed by atoms with Crippen molar-refractivity contribution in [2.45, 2.75) is 45.4 Å². The van der Waals surface area contributed by atoms with E-state index in [0.717, 1.165) is 64.3 Å². The molecule has 2 saturated heterocycles. The average molecular weight is 333 g/mol. The molecule has 1 amide bonds. The van der Waals surface area contributed by atoms with Crippen molar-refractivity contribution in [1.82, 2.24) is 20.4 Å². The quantitative estimate of drug-likeness (QED) is 0.865. The van der Waals surface area contributed by atoms with E-state index >= 15 is 0 Å². The van der Waals surface area contributed by atoms with Crippen molar-refractivity contribution in [2.24, 2.45) is 5.92 Å². The number of carbonyl (C=O) groups is 1. The van der Waals surface area contributed by atoms with Gasteiger partial charge in [-0.3, -0.25) is 9.89 Å². The predicted molar refractivity (Wildman–Crippen MR) is 96.3 cm³/mol. The van der Waals surface area contributed by atoms with E-state index < -0.39 is 0 Å². The molecule has 2 fully saturated rings. The van der Waals surface area contributed by atoms with Gasteiger partial charge >= 0.3 is 0 Å². The normalized spacial score (nSPS) is 22.2. The maximum absolute atomic E-state index is 12.4. The van der Waals surface area contributed by atoms with Crippen LogP contribution in [0.4, 0.5) is 5.82 Å². The SMILES string of the molecule is CC(C)CCC(=O)N1CCCC(c2cc(N3CCNCC3)n[nH]2)C1. The molecule has 0 aromatic carbocycles. The summed E-state index contributed by atoms with van der Waals surface area (Å²) in [5.41, 5.74) is 1.19. The maximum atomic E-state index is 12.4. The Hall–Kier alpha value is -1.56. The molecule has 134 valence electrons. The van der Waals surface area contributed by atoms with E-state index in [1.54, 1.807) is 0 Å². The van der Waals surface area contributed by atoms with Crippen LogP contribution in [0.15, 0.2) is 6.07 Å². The minimum absolute atomic E-state index is 0.315. The van der Waals surface area contributed by atoms with Gasteiger partial charge in [0.25, 0.3) is 0 Å². The fourth-order valence-electron chi connectivity index (χ4n) is 3.62. The summed E-state index contributed by atoms with van der Waals surface area (Å²) in [6.45, 7) is 10.1. The first-order chi connectivity index (χ1) is 11.6. The van der Waals surface area contributed by atoms with Gasteiger partial charge in [0.15, 0.2) is 5.82 Å². The topological polar surface area (TPSA) is 64.3 Å². The number of carbonyl (C=O) groups excluding carboxylic acids is 1. The second-order valence-electron chi connectivity index (χ2n) is 7.53. The molecule has 1 aromatic heterocycles. The van der Waals surface area contributed by atoms with Crippen LogP contribution in [-0.2, 0) is 4.79 Å². The van der Waals surface area contributed by atoms with Crippen molar-refractivity contribution in [3.05, 3.63) is 11.8 Å². The van der Waals surface area contributed by atoms with E-state index in [9.17, 15) is 4.79 Å². The summed E-state index contributed by atoms with van der Waals surface area (Å²) in [4.78, 5) is 16.8. The number of piperazine rings is 1.